The predicted molar refractivity (Wildman–Crippen MR) is 67.5 cm³/mol. The van der Waals surface area contributed by atoms with E-state index in [2.05, 4.69) is 18.7 Å². The molecule has 0 radical (unpaired) electrons. The third kappa shape index (κ3) is 1.91. The van der Waals surface area contributed by atoms with Crippen LogP contribution in [0.2, 0.25) is 0 Å². The number of aliphatic hydroxyl groups is 1. The van der Waals surface area contributed by atoms with Crippen LogP contribution in [0.4, 0.5) is 0 Å². The van der Waals surface area contributed by atoms with Gasteiger partial charge in [0, 0.05) is 18.6 Å². The fraction of sp³-hybridized carbons (Fsp3) is 1.00. The van der Waals surface area contributed by atoms with Gasteiger partial charge >= 0.3 is 0 Å². The van der Waals surface area contributed by atoms with E-state index in [0.29, 0.717) is 12.0 Å². The fourth-order valence-electron chi connectivity index (χ4n) is 3.74. The summed E-state index contributed by atoms with van der Waals surface area (Å²) in [6.45, 7) is 7.25. The molecule has 1 saturated heterocycles. The van der Waals surface area contributed by atoms with Crippen LogP contribution in [0.25, 0.3) is 0 Å². The second-order valence-electron chi connectivity index (χ2n) is 6.01. The minimum Gasteiger partial charge on any atom is -0.394 e. The first kappa shape index (κ1) is 12.4. The summed E-state index contributed by atoms with van der Waals surface area (Å²) < 4.78 is 0. The Labute approximate surface area is 100 Å². The molecule has 1 aliphatic heterocycles. The standard InChI is InChI=1S/C14H27NO/c1-3-14(4-2,12-16)15-10-13(11-15)8-6-5-7-9-13/h16H,3-12H2,1-2H3. The molecular weight excluding hydrogens is 198 g/mol. The number of aliphatic hydroxyl groups excluding tert-OH is 1. The zero-order chi connectivity index (χ0) is 11.6. The lowest BCUT2D eigenvalue weighted by Crippen LogP contribution is -2.66. The maximum Gasteiger partial charge on any atom is 0.0615 e. The molecule has 0 amide bonds. The minimum atomic E-state index is 0.0860. The van der Waals surface area contributed by atoms with Crippen molar-refractivity contribution in [1.29, 1.82) is 0 Å². The monoisotopic (exact) mass is 225 g/mol. The molecule has 0 aromatic carbocycles. The number of hydrogen-bond acceptors (Lipinski definition) is 2. The fourth-order valence-corrected chi connectivity index (χ4v) is 3.74. The van der Waals surface area contributed by atoms with E-state index in [1.807, 2.05) is 0 Å². The number of likely N-dealkylation sites (tertiary alicyclic amines) is 1. The Bertz CT molecular complexity index is 213. The van der Waals surface area contributed by atoms with Gasteiger partial charge in [0.25, 0.3) is 0 Å². The van der Waals surface area contributed by atoms with E-state index in [1.54, 1.807) is 0 Å². The number of rotatable bonds is 4. The molecule has 2 heteroatoms. The highest BCUT2D eigenvalue weighted by molar-refractivity contribution is 5.03. The number of nitrogens with zero attached hydrogens (tertiary/aromatic N) is 1. The maximum atomic E-state index is 9.66. The van der Waals surface area contributed by atoms with Crippen molar-refractivity contribution in [3.8, 4) is 0 Å². The van der Waals surface area contributed by atoms with Crippen molar-refractivity contribution in [2.45, 2.75) is 64.3 Å². The SMILES string of the molecule is CCC(CC)(CO)N1CC2(CCCCC2)C1. The summed E-state index contributed by atoms with van der Waals surface area (Å²) >= 11 is 0. The van der Waals surface area contributed by atoms with Gasteiger partial charge in [0.2, 0.25) is 0 Å². The molecule has 0 atom stereocenters. The van der Waals surface area contributed by atoms with Crippen LogP contribution in [0.1, 0.15) is 58.8 Å². The van der Waals surface area contributed by atoms with Gasteiger partial charge in [-0.2, -0.15) is 0 Å². The molecule has 2 aliphatic rings. The Balaban J connectivity index is 1.95. The first-order valence-corrected chi connectivity index (χ1v) is 7.06. The van der Waals surface area contributed by atoms with Gasteiger partial charge in [-0.1, -0.05) is 33.1 Å². The van der Waals surface area contributed by atoms with E-state index >= 15 is 0 Å². The van der Waals surface area contributed by atoms with Gasteiger partial charge in [-0.15, -0.1) is 0 Å². The molecule has 1 spiro atoms. The molecule has 0 bridgehead atoms. The van der Waals surface area contributed by atoms with Gasteiger partial charge in [-0.3, -0.25) is 4.90 Å². The van der Waals surface area contributed by atoms with Gasteiger partial charge in [0.05, 0.1) is 6.61 Å². The lowest BCUT2D eigenvalue weighted by atomic mass is 9.66. The largest absolute Gasteiger partial charge is 0.394 e. The Kier molecular flexibility index (Phi) is 3.60. The molecule has 1 aliphatic carbocycles. The number of hydrogen-bond donors (Lipinski definition) is 1. The second kappa shape index (κ2) is 4.66. The van der Waals surface area contributed by atoms with E-state index < -0.39 is 0 Å². The van der Waals surface area contributed by atoms with Crippen molar-refractivity contribution in [2.24, 2.45) is 5.41 Å². The van der Waals surface area contributed by atoms with Crippen LogP contribution in [0.15, 0.2) is 0 Å². The van der Waals surface area contributed by atoms with Crippen LogP contribution in [0, 0.1) is 5.41 Å². The molecule has 16 heavy (non-hydrogen) atoms. The Morgan fingerprint density at radius 3 is 2.06 bits per heavy atom. The summed E-state index contributed by atoms with van der Waals surface area (Å²) in [6.07, 6.45) is 9.31. The maximum absolute atomic E-state index is 9.66. The van der Waals surface area contributed by atoms with Crippen LogP contribution < -0.4 is 0 Å². The average Bonchev–Trinajstić information content (AvgIpc) is 2.31. The van der Waals surface area contributed by atoms with Gasteiger partial charge in [-0.05, 0) is 31.1 Å². The molecule has 0 aromatic heterocycles. The highest BCUT2D eigenvalue weighted by atomic mass is 16.3. The molecule has 1 N–H and O–H groups in total. The van der Waals surface area contributed by atoms with Crippen LogP contribution in [0.3, 0.4) is 0 Å². The van der Waals surface area contributed by atoms with Gasteiger partial charge < -0.3 is 5.11 Å². The van der Waals surface area contributed by atoms with Crippen molar-refractivity contribution < 1.29 is 5.11 Å². The van der Waals surface area contributed by atoms with Crippen molar-refractivity contribution >= 4 is 0 Å². The summed E-state index contributed by atoms with van der Waals surface area (Å²) in [5, 5.41) is 9.66. The van der Waals surface area contributed by atoms with E-state index in [-0.39, 0.29) is 5.54 Å². The summed E-state index contributed by atoms with van der Waals surface area (Å²) in [5.41, 5.74) is 0.728. The minimum absolute atomic E-state index is 0.0860. The first-order valence-electron chi connectivity index (χ1n) is 7.06. The van der Waals surface area contributed by atoms with Crippen molar-refractivity contribution in [3.63, 3.8) is 0 Å². The van der Waals surface area contributed by atoms with Crippen molar-refractivity contribution in [1.82, 2.24) is 4.90 Å². The van der Waals surface area contributed by atoms with Crippen molar-refractivity contribution in [2.75, 3.05) is 19.7 Å². The summed E-state index contributed by atoms with van der Waals surface area (Å²) in [4.78, 5) is 2.55. The quantitative estimate of drug-likeness (QED) is 0.795. The van der Waals surface area contributed by atoms with Crippen LogP contribution in [-0.2, 0) is 0 Å². The van der Waals surface area contributed by atoms with Crippen LogP contribution >= 0.6 is 0 Å². The predicted octanol–water partition coefficient (Wildman–Crippen LogP) is 2.80. The Morgan fingerprint density at radius 1 is 1.06 bits per heavy atom. The van der Waals surface area contributed by atoms with Crippen molar-refractivity contribution in [3.05, 3.63) is 0 Å². The zero-order valence-electron chi connectivity index (χ0n) is 11.0. The molecule has 0 unspecified atom stereocenters. The van der Waals surface area contributed by atoms with Gasteiger partial charge in [0.15, 0.2) is 0 Å². The van der Waals surface area contributed by atoms with Crippen LogP contribution in [-0.4, -0.2) is 35.2 Å². The molecular formula is C14H27NO. The van der Waals surface area contributed by atoms with E-state index in [4.69, 9.17) is 0 Å². The lowest BCUT2D eigenvalue weighted by Gasteiger charge is -2.59. The van der Waals surface area contributed by atoms with E-state index in [1.165, 1.54) is 45.2 Å². The highest BCUT2D eigenvalue weighted by Crippen LogP contribution is 2.47. The Hall–Kier alpha value is -0.0800. The molecule has 1 saturated carbocycles. The van der Waals surface area contributed by atoms with Gasteiger partial charge in [0.1, 0.15) is 0 Å². The second-order valence-corrected chi connectivity index (χ2v) is 6.01. The van der Waals surface area contributed by atoms with E-state index in [0.717, 1.165) is 12.8 Å². The van der Waals surface area contributed by atoms with E-state index in [9.17, 15) is 5.11 Å². The smallest absolute Gasteiger partial charge is 0.0615 e. The molecule has 1 heterocycles. The van der Waals surface area contributed by atoms with Gasteiger partial charge in [-0.25, -0.2) is 0 Å². The molecule has 0 aromatic rings. The highest BCUT2D eigenvalue weighted by Gasteiger charge is 2.49. The van der Waals surface area contributed by atoms with Crippen LogP contribution in [0.5, 0.6) is 0 Å². The summed E-state index contributed by atoms with van der Waals surface area (Å²) in [5.74, 6) is 0. The summed E-state index contributed by atoms with van der Waals surface area (Å²) in [6, 6.07) is 0. The lowest BCUT2D eigenvalue weighted by molar-refractivity contribution is -0.115. The third-order valence-electron chi connectivity index (χ3n) is 5.25. The molecule has 94 valence electrons. The molecule has 2 fully saturated rings. The topological polar surface area (TPSA) is 23.5 Å². The molecule has 2 nitrogen and oxygen atoms in total. The third-order valence-corrected chi connectivity index (χ3v) is 5.25. The normalized spacial score (nSPS) is 25.7. The Morgan fingerprint density at radius 2 is 1.62 bits per heavy atom. The zero-order valence-corrected chi connectivity index (χ0v) is 11.0. The first-order chi connectivity index (χ1) is 7.70. The molecule has 2 rings (SSSR count). The average molecular weight is 225 g/mol. The summed E-state index contributed by atoms with van der Waals surface area (Å²) in [7, 11) is 0.